The molecule has 1 aliphatic carbocycles. The van der Waals surface area contributed by atoms with Crippen molar-refractivity contribution < 1.29 is 32.6 Å². The number of benzene rings is 2. The fraction of sp³-hybridized carbons (Fsp3) is 0.267. The third kappa shape index (κ3) is 4.21. The minimum Gasteiger partial charge on any atom is -0.431 e. The van der Waals surface area contributed by atoms with Crippen LogP contribution in [-0.4, -0.2) is 58.7 Å². The van der Waals surface area contributed by atoms with Gasteiger partial charge in [0.05, 0.1) is 41.4 Å². The van der Waals surface area contributed by atoms with Gasteiger partial charge in [-0.2, -0.15) is 0 Å². The lowest BCUT2D eigenvalue weighted by Crippen LogP contribution is -2.66. The molecule has 220 valence electrons. The van der Waals surface area contributed by atoms with Gasteiger partial charge in [-0.25, -0.2) is 18.6 Å². The molecular weight excluding hydrogens is 582 g/mol. The van der Waals surface area contributed by atoms with Crippen molar-refractivity contribution in [1.29, 1.82) is 0 Å². The highest BCUT2D eigenvalue weighted by Crippen LogP contribution is 2.50. The normalized spacial score (nSPS) is 18.7. The van der Waals surface area contributed by atoms with Gasteiger partial charge < -0.3 is 19.1 Å². The van der Waals surface area contributed by atoms with Gasteiger partial charge in [-0.05, 0) is 36.6 Å². The number of carbonyl (C=O) groups is 2. The fourth-order valence-electron chi connectivity index (χ4n) is 5.96. The van der Waals surface area contributed by atoms with Crippen molar-refractivity contribution in [2.75, 3.05) is 24.8 Å². The van der Waals surface area contributed by atoms with E-state index in [0.717, 1.165) is 17.2 Å². The summed E-state index contributed by atoms with van der Waals surface area (Å²) in [5.74, 6) is -3.13. The van der Waals surface area contributed by atoms with Gasteiger partial charge in [-0.1, -0.05) is 30.3 Å². The molecule has 4 aromatic rings. The van der Waals surface area contributed by atoms with E-state index in [0.29, 0.717) is 16.1 Å². The number of aromatic nitrogens is 2. The number of rotatable bonds is 3. The zero-order valence-electron chi connectivity index (χ0n) is 23.0. The van der Waals surface area contributed by atoms with E-state index in [4.69, 9.17) is 14.2 Å². The lowest BCUT2D eigenvalue weighted by Gasteiger charge is -2.51. The number of hydrogen-bond donors (Lipinski definition) is 0. The number of carbonyl (C=O) groups excluding carboxylic acids is 2. The Bertz CT molecular complexity index is 1860. The molecule has 0 unspecified atom stereocenters. The number of pyridine rings is 1. The minimum atomic E-state index is -1.14. The van der Waals surface area contributed by atoms with Gasteiger partial charge in [0.1, 0.15) is 6.17 Å². The van der Waals surface area contributed by atoms with Gasteiger partial charge in [-0.15, -0.1) is 11.3 Å². The van der Waals surface area contributed by atoms with Crippen molar-refractivity contribution in [2.45, 2.75) is 32.2 Å². The molecule has 3 aliphatic rings. The van der Waals surface area contributed by atoms with Crippen molar-refractivity contribution in [3.63, 3.8) is 0 Å². The summed E-state index contributed by atoms with van der Waals surface area (Å²) in [6.45, 7) is 3.73. The second kappa shape index (κ2) is 10.3. The summed E-state index contributed by atoms with van der Waals surface area (Å²) >= 11 is 1.31. The first-order valence-corrected chi connectivity index (χ1v) is 14.5. The first kappa shape index (κ1) is 27.2. The van der Waals surface area contributed by atoms with Gasteiger partial charge in [0, 0.05) is 24.4 Å². The number of morpholine rings is 1. The molecule has 2 atom stereocenters. The monoisotopic (exact) mass is 606 g/mol. The van der Waals surface area contributed by atoms with Gasteiger partial charge in [0.2, 0.25) is 11.2 Å². The Balaban J connectivity index is 1.52. The van der Waals surface area contributed by atoms with Crippen molar-refractivity contribution in [3.05, 3.63) is 92.9 Å². The first-order chi connectivity index (χ1) is 20.8. The van der Waals surface area contributed by atoms with Crippen molar-refractivity contribution >= 4 is 23.4 Å². The molecular formula is C30H24F2N4O6S. The first-order valence-electron chi connectivity index (χ1n) is 13.6. The maximum Gasteiger partial charge on any atom is 0.514 e. The van der Waals surface area contributed by atoms with E-state index in [1.54, 1.807) is 24.4 Å². The lowest BCUT2D eigenvalue weighted by molar-refractivity contribution is -0.0197. The molecule has 43 heavy (non-hydrogen) atoms. The summed E-state index contributed by atoms with van der Waals surface area (Å²) < 4.78 is 48.3. The van der Waals surface area contributed by atoms with E-state index in [9.17, 15) is 18.8 Å². The largest absolute Gasteiger partial charge is 0.514 e. The Labute approximate surface area is 247 Å². The van der Waals surface area contributed by atoms with Crippen LogP contribution in [-0.2, 0) is 9.47 Å². The lowest BCUT2D eigenvalue weighted by atomic mass is 9.92. The Morgan fingerprint density at radius 3 is 2.74 bits per heavy atom. The van der Waals surface area contributed by atoms with Gasteiger partial charge in [0.25, 0.3) is 5.91 Å². The maximum absolute atomic E-state index is 15.8. The van der Waals surface area contributed by atoms with Crippen LogP contribution < -0.4 is 15.2 Å². The summed E-state index contributed by atoms with van der Waals surface area (Å²) in [7, 11) is 0. The summed E-state index contributed by atoms with van der Waals surface area (Å²) in [6, 6.07) is 10.4. The topological polar surface area (TPSA) is 103 Å². The zero-order chi connectivity index (χ0) is 30.0. The number of fused-ring (bicyclic) bond motifs is 7. The highest BCUT2D eigenvalue weighted by molar-refractivity contribution is 7.13. The molecule has 1 amide bonds. The highest BCUT2D eigenvalue weighted by atomic mass is 32.1. The van der Waals surface area contributed by atoms with Crippen molar-refractivity contribution in [2.24, 2.45) is 0 Å². The third-order valence-corrected chi connectivity index (χ3v) is 8.52. The van der Waals surface area contributed by atoms with Crippen LogP contribution in [0, 0.1) is 11.6 Å². The second-order valence-corrected chi connectivity index (χ2v) is 11.4. The van der Waals surface area contributed by atoms with Crippen LogP contribution in [0.4, 0.5) is 13.6 Å². The molecule has 7 rings (SSSR count). The average Bonchev–Trinajstić information content (AvgIpc) is 3.43. The molecule has 0 N–H and O–H groups in total. The number of amides is 1. The Kier molecular flexibility index (Phi) is 6.51. The molecule has 10 nitrogen and oxygen atoms in total. The molecule has 0 spiro atoms. The maximum atomic E-state index is 15.8. The van der Waals surface area contributed by atoms with Crippen LogP contribution in [0.5, 0.6) is 5.75 Å². The summed E-state index contributed by atoms with van der Waals surface area (Å²) in [5, 5.41) is 1.78. The minimum absolute atomic E-state index is 0.00259. The number of nitrogens with zero attached hydrogens (tertiary/aromatic N) is 4. The zero-order valence-corrected chi connectivity index (χ0v) is 23.8. The second-order valence-electron chi connectivity index (χ2n) is 10.5. The van der Waals surface area contributed by atoms with Crippen LogP contribution in [0.2, 0.25) is 0 Å². The molecule has 2 aliphatic heterocycles. The van der Waals surface area contributed by atoms with E-state index in [-0.39, 0.29) is 31.0 Å². The van der Waals surface area contributed by atoms with Crippen LogP contribution in [0.25, 0.3) is 21.7 Å². The standard InChI is InChI=1S/C30H24F2N4O6S/c1-15(2)41-30(39)42-27-20(37)9-10-35-26(27)29(38)34-11-12-40-13-21(34)36(35)25-16-5-3-4-6-17(16)28-24(33-14-43-28)22-18(25)7-8-19(31)23(22)32/h3-10,14-15,21,25H,11-13H2,1-2H3/t21-,25-/m1/s1. The smallest absolute Gasteiger partial charge is 0.431 e. The molecule has 2 aromatic carbocycles. The molecule has 0 radical (unpaired) electrons. The predicted molar refractivity (Wildman–Crippen MR) is 152 cm³/mol. The average molecular weight is 607 g/mol. The van der Waals surface area contributed by atoms with Crippen molar-refractivity contribution in [3.8, 4) is 27.4 Å². The van der Waals surface area contributed by atoms with E-state index in [1.807, 2.05) is 24.3 Å². The van der Waals surface area contributed by atoms with Gasteiger partial charge in [0.15, 0.2) is 17.3 Å². The highest BCUT2D eigenvalue weighted by Gasteiger charge is 2.47. The Hall–Kier alpha value is -4.62. The number of thiazole rings is 1. The molecule has 13 heteroatoms. The van der Waals surface area contributed by atoms with Crippen LogP contribution >= 0.6 is 11.3 Å². The summed E-state index contributed by atoms with van der Waals surface area (Å²) in [4.78, 5) is 46.2. The molecule has 2 aromatic heterocycles. The predicted octanol–water partition coefficient (Wildman–Crippen LogP) is 4.69. The van der Waals surface area contributed by atoms with Crippen LogP contribution in [0.1, 0.15) is 41.5 Å². The van der Waals surface area contributed by atoms with E-state index < -0.39 is 53.2 Å². The third-order valence-electron chi connectivity index (χ3n) is 7.66. The van der Waals surface area contributed by atoms with E-state index in [2.05, 4.69) is 4.98 Å². The molecule has 0 bridgehead atoms. The number of halogens is 2. The van der Waals surface area contributed by atoms with E-state index >= 15 is 4.39 Å². The van der Waals surface area contributed by atoms with Gasteiger partial charge in [-0.3, -0.25) is 19.3 Å². The van der Waals surface area contributed by atoms with Crippen LogP contribution in [0.15, 0.2) is 59.0 Å². The molecule has 4 heterocycles. The summed E-state index contributed by atoms with van der Waals surface area (Å²) in [5.41, 5.74) is 2.85. The number of ether oxygens (including phenoxy) is 3. The summed E-state index contributed by atoms with van der Waals surface area (Å²) in [6.07, 6.45) is -0.990. The molecule has 1 fully saturated rings. The number of hydrogen-bond acceptors (Lipinski definition) is 9. The van der Waals surface area contributed by atoms with Crippen LogP contribution in [0.3, 0.4) is 0 Å². The molecule has 0 saturated carbocycles. The van der Waals surface area contributed by atoms with Gasteiger partial charge >= 0.3 is 6.16 Å². The Morgan fingerprint density at radius 1 is 1.12 bits per heavy atom. The molecule has 1 saturated heterocycles. The fourth-order valence-corrected chi connectivity index (χ4v) is 6.81. The quantitative estimate of drug-likeness (QED) is 0.310. The Morgan fingerprint density at radius 2 is 1.93 bits per heavy atom. The SMILES string of the molecule is CC(C)OC(=O)Oc1c2n(ccc1=O)N([C@@H]1c3ccccc3-c3scnc3-c3c1ccc(F)c3F)[C@@H]1COCCN1C2=O. The van der Waals surface area contributed by atoms with Crippen molar-refractivity contribution in [1.82, 2.24) is 14.6 Å². The van der Waals surface area contributed by atoms with E-state index in [1.165, 1.54) is 39.2 Å².